The van der Waals surface area contributed by atoms with Crippen LogP contribution in [0.4, 0.5) is 18.9 Å². The van der Waals surface area contributed by atoms with Crippen molar-refractivity contribution in [1.82, 2.24) is 4.98 Å². The molecule has 1 atom stereocenters. The van der Waals surface area contributed by atoms with Crippen molar-refractivity contribution in [2.45, 2.75) is 26.9 Å². The maximum Gasteiger partial charge on any atom is 0.433 e. The molecule has 0 fully saturated rings. The van der Waals surface area contributed by atoms with Gasteiger partial charge < -0.3 is 5.73 Å². The number of hydrogen-bond donors (Lipinski definition) is 1. The van der Waals surface area contributed by atoms with E-state index in [9.17, 15) is 17.4 Å². The van der Waals surface area contributed by atoms with E-state index in [1.807, 2.05) is 13.8 Å². The first-order chi connectivity index (χ1) is 9.09. The van der Waals surface area contributed by atoms with Crippen molar-refractivity contribution >= 4 is 22.4 Å². The molecule has 1 unspecified atom stereocenters. The van der Waals surface area contributed by atoms with Gasteiger partial charge >= 0.3 is 6.18 Å². The molecule has 1 aromatic rings. The van der Waals surface area contributed by atoms with Crippen LogP contribution in [-0.4, -0.2) is 20.7 Å². The van der Waals surface area contributed by atoms with E-state index in [0.717, 1.165) is 6.07 Å². The first-order valence-electron chi connectivity index (χ1n) is 5.88. The van der Waals surface area contributed by atoms with Gasteiger partial charge in [-0.1, -0.05) is 13.8 Å². The molecule has 1 rings (SSSR count). The minimum absolute atomic E-state index is 0.0190. The second kappa shape index (κ2) is 6.34. The lowest BCUT2D eigenvalue weighted by atomic mass is 10.2. The average Bonchev–Trinajstić information content (AvgIpc) is 2.25. The van der Waals surface area contributed by atoms with Gasteiger partial charge in [0, 0.05) is 11.4 Å². The van der Waals surface area contributed by atoms with E-state index in [-0.39, 0.29) is 23.0 Å². The van der Waals surface area contributed by atoms with E-state index in [2.05, 4.69) is 9.38 Å². The molecule has 0 amide bonds. The third-order valence-electron chi connectivity index (χ3n) is 2.22. The van der Waals surface area contributed by atoms with Crippen LogP contribution in [0, 0.1) is 5.92 Å². The number of pyridine rings is 1. The summed E-state index contributed by atoms with van der Waals surface area (Å²) >= 11 is 0. The number of anilines is 1. The predicted octanol–water partition coefficient (Wildman–Crippen LogP) is 2.81. The summed E-state index contributed by atoms with van der Waals surface area (Å²) in [5.74, 6) is 0.512. The highest BCUT2D eigenvalue weighted by Crippen LogP contribution is 2.29. The van der Waals surface area contributed by atoms with Crippen molar-refractivity contribution in [1.29, 1.82) is 0 Å². The average molecular weight is 307 g/mol. The van der Waals surface area contributed by atoms with Crippen LogP contribution < -0.4 is 5.73 Å². The normalized spacial score (nSPS) is 14.7. The number of rotatable bonds is 4. The zero-order chi connectivity index (χ0) is 15.5. The molecule has 4 nitrogen and oxygen atoms in total. The zero-order valence-corrected chi connectivity index (χ0v) is 12.2. The summed E-state index contributed by atoms with van der Waals surface area (Å²) in [7, 11) is -1.49. The second-order valence-electron chi connectivity index (χ2n) is 4.73. The Morgan fingerprint density at radius 2 is 2.05 bits per heavy atom. The molecule has 0 aromatic carbocycles. The van der Waals surface area contributed by atoms with Crippen molar-refractivity contribution in [3.8, 4) is 0 Å². The fourth-order valence-electron chi connectivity index (χ4n) is 1.40. The van der Waals surface area contributed by atoms with Crippen molar-refractivity contribution < 1.29 is 17.4 Å². The monoisotopic (exact) mass is 307 g/mol. The Labute approximate surface area is 117 Å². The second-order valence-corrected chi connectivity index (χ2v) is 5.89. The topological polar surface area (TPSA) is 68.3 Å². The minimum Gasteiger partial charge on any atom is -0.399 e. The number of nitrogens with zero attached hydrogens (tertiary/aromatic N) is 2. The summed E-state index contributed by atoms with van der Waals surface area (Å²) in [5, 5.41) is 0. The molecule has 0 saturated carbocycles. The molecule has 0 aliphatic heterocycles. The highest BCUT2D eigenvalue weighted by atomic mass is 32.2. The van der Waals surface area contributed by atoms with Gasteiger partial charge in [0.1, 0.15) is 16.7 Å². The van der Waals surface area contributed by atoms with Gasteiger partial charge in [-0.05, 0) is 25.0 Å². The Morgan fingerprint density at radius 3 is 2.55 bits per heavy atom. The Kier molecular flexibility index (Phi) is 5.27. The Hall–Kier alpha value is -1.44. The van der Waals surface area contributed by atoms with Gasteiger partial charge in [-0.15, -0.1) is 0 Å². The lowest BCUT2D eigenvalue weighted by Gasteiger charge is -2.09. The van der Waals surface area contributed by atoms with Crippen LogP contribution in [0.3, 0.4) is 0 Å². The standard InChI is InChI=1S/C12H16F3N3OS/c1-7(2)6-20(19)18-8(3)10-4-9(16)5-11(17-10)12(13,14)15/h4-5,7H,6H2,1-3H3,(H2,16,17). The maximum atomic E-state index is 12.6. The predicted molar refractivity (Wildman–Crippen MR) is 73.7 cm³/mol. The zero-order valence-electron chi connectivity index (χ0n) is 11.4. The molecule has 0 aliphatic carbocycles. The van der Waals surface area contributed by atoms with Crippen molar-refractivity contribution in [2.24, 2.45) is 10.3 Å². The first-order valence-corrected chi connectivity index (χ1v) is 7.16. The molecule has 0 radical (unpaired) electrons. The summed E-state index contributed by atoms with van der Waals surface area (Å²) in [6.07, 6.45) is -4.58. The smallest absolute Gasteiger partial charge is 0.399 e. The van der Waals surface area contributed by atoms with Crippen LogP contribution in [0.1, 0.15) is 32.2 Å². The molecule has 0 aliphatic rings. The van der Waals surface area contributed by atoms with E-state index >= 15 is 0 Å². The number of nitrogen functional groups attached to an aromatic ring is 1. The molecule has 1 aromatic heterocycles. The van der Waals surface area contributed by atoms with E-state index in [1.54, 1.807) is 0 Å². The largest absolute Gasteiger partial charge is 0.433 e. The van der Waals surface area contributed by atoms with Gasteiger partial charge in [0.15, 0.2) is 0 Å². The maximum absolute atomic E-state index is 12.6. The fourth-order valence-corrected chi connectivity index (χ4v) is 2.45. The minimum atomic E-state index is -4.58. The number of aromatic nitrogens is 1. The van der Waals surface area contributed by atoms with Gasteiger partial charge in [0.05, 0.1) is 11.4 Å². The fraction of sp³-hybridized carbons (Fsp3) is 0.500. The highest BCUT2D eigenvalue weighted by Gasteiger charge is 2.33. The molecular formula is C12H16F3N3OS. The van der Waals surface area contributed by atoms with Gasteiger partial charge in [-0.2, -0.15) is 17.6 Å². The van der Waals surface area contributed by atoms with Crippen molar-refractivity contribution in [3.63, 3.8) is 0 Å². The number of nitrogens with two attached hydrogens (primary N) is 1. The molecule has 20 heavy (non-hydrogen) atoms. The Bertz CT molecular complexity index is 541. The van der Waals surface area contributed by atoms with E-state index in [4.69, 9.17) is 5.73 Å². The molecule has 0 saturated heterocycles. The molecule has 0 spiro atoms. The lowest BCUT2D eigenvalue weighted by Crippen LogP contribution is -2.13. The SMILES string of the molecule is CC(=NS(=O)CC(C)C)c1cc(N)cc(C(F)(F)F)n1. The summed E-state index contributed by atoms with van der Waals surface area (Å²) < 4.78 is 53.4. The molecule has 2 N–H and O–H groups in total. The van der Waals surface area contributed by atoms with Crippen molar-refractivity contribution in [3.05, 3.63) is 23.5 Å². The molecule has 8 heteroatoms. The van der Waals surface area contributed by atoms with Crippen molar-refractivity contribution in [2.75, 3.05) is 11.5 Å². The third kappa shape index (κ3) is 4.92. The Morgan fingerprint density at radius 1 is 1.45 bits per heavy atom. The van der Waals surface area contributed by atoms with E-state index in [1.165, 1.54) is 13.0 Å². The van der Waals surface area contributed by atoms with Crippen LogP contribution in [0.5, 0.6) is 0 Å². The first kappa shape index (κ1) is 16.6. The van der Waals surface area contributed by atoms with Gasteiger partial charge in [-0.25, -0.2) is 9.19 Å². The van der Waals surface area contributed by atoms with Crippen LogP contribution in [0.25, 0.3) is 0 Å². The number of alkyl halides is 3. The van der Waals surface area contributed by atoms with E-state index < -0.39 is 22.9 Å². The lowest BCUT2D eigenvalue weighted by molar-refractivity contribution is -0.141. The van der Waals surface area contributed by atoms with Gasteiger partial charge in [0.2, 0.25) is 0 Å². The summed E-state index contributed by atoms with van der Waals surface area (Å²) in [5.41, 5.74) is 4.43. The highest BCUT2D eigenvalue weighted by molar-refractivity contribution is 7.83. The Balaban J connectivity index is 3.10. The molecular weight excluding hydrogens is 291 g/mol. The number of hydrogen-bond acceptors (Lipinski definition) is 3. The van der Waals surface area contributed by atoms with Crippen LogP contribution in [0.2, 0.25) is 0 Å². The van der Waals surface area contributed by atoms with Crippen LogP contribution in [0.15, 0.2) is 16.5 Å². The summed E-state index contributed by atoms with van der Waals surface area (Å²) in [6.45, 7) is 5.21. The summed E-state index contributed by atoms with van der Waals surface area (Å²) in [4.78, 5) is 3.47. The quantitative estimate of drug-likeness (QED) is 0.870. The number of halogens is 3. The summed E-state index contributed by atoms with van der Waals surface area (Å²) in [6, 6.07) is 2.03. The molecule has 112 valence electrons. The van der Waals surface area contributed by atoms with Gasteiger partial charge in [0.25, 0.3) is 0 Å². The van der Waals surface area contributed by atoms with Gasteiger partial charge in [-0.3, -0.25) is 0 Å². The third-order valence-corrected chi connectivity index (χ3v) is 3.65. The molecule has 1 heterocycles. The van der Waals surface area contributed by atoms with Crippen LogP contribution >= 0.6 is 0 Å². The molecule has 0 bridgehead atoms. The van der Waals surface area contributed by atoms with Crippen LogP contribution in [-0.2, 0) is 17.2 Å². The van der Waals surface area contributed by atoms with E-state index in [0.29, 0.717) is 5.75 Å².